The molecule has 0 fully saturated rings. The van der Waals surface area contributed by atoms with E-state index in [0.29, 0.717) is 13.0 Å². The zero-order chi connectivity index (χ0) is 17.9. The highest BCUT2D eigenvalue weighted by atomic mass is 35.5. The first-order valence-corrected chi connectivity index (χ1v) is 8.90. The summed E-state index contributed by atoms with van der Waals surface area (Å²) in [5.41, 5.74) is 5.54. The molecule has 134 valence electrons. The molecule has 0 aliphatic rings. The van der Waals surface area contributed by atoms with E-state index < -0.39 is 17.9 Å². The van der Waals surface area contributed by atoms with Crippen molar-refractivity contribution >= 4 is 35.1 Å². The molecule has 1 amide bonds. The molecule has 24 heavy (non-hydrogen) atoms. The Morgan fingerprint density at radius 2 is 1.58 bits per heavy atom. The molecule has 0 spiro atoms. The van der Waals surface area contributed by atoms with Crippen LogP contribution in [-0.4, -0.2) is 29.6 Å². The highest BCUT2D eigenvalue weighted by Crippen LogP contribution is 2.24. The Morgan fingerprint density at radius 3 is 2.12 bits per heavy atom. The van der Waals surface area contributed by atoms with Crippen LogP contribution in [0.4, 0.5) is 0 Å². The van der Waals surface area contributed by atoms with Gasteiger partial charge >= 0.3 is 5.97 Å². The van der Waals surface area contributed by atoms with Crippen molar-refractivity contribution < 1.29 is 14.7 Å². The number of rotatable bonds is 11. The Kier molecular flexibility index (Phi) is 9.76. The normalized spacial score (nSPS) is 12.0. The van der Waals surface area contributed by atoms with Gasteiger partial charge in [-0.3, -0.25) is 4.79 Å². The molecule has 1 atom stereocenters. The number of nitrogens with two attached hydrogens (primary N) is 1. The summed E-state index contributed by atoms with van der Waals surface area (Å²) in [6, 6.07) is 3.76. The van der Waals surface area contributed by atoms with Crippen LogP contribution in [0.3, 0.4) is 0 Å². The summed E-state index contributed by atoms with van der Waals surface area (Å²) in [4.78, 5) is 23.6. The number of carbonyl (C=O) groups excluding carboxylic acids is 1. The standard InChI is InChI=1S/C17H24Cl2N2O3/c18-12-8-7-9-13(19)15(12)16(22)21-14(17(23)24)10-5-3-1-2-4-6-11-20/h7-9,14H,1-6,10-11,20H2,(H,21,22)(H,23,24)/t14-/m0/s1. The summed E-state index contributed by atoms with van der Waals surface area (Å²) in [6.45, 7) is 0.706. The predicted octanol–water partition coefficient (Wildman–Crippen LogP) is 3.87. The molecular formula is C17H24Cl2N2O3. The van der Waals surface area contributed by atoms with Gasteiger partial charge in [0, 0.05) is 0 Å². The smallest absolute Gasteiger partial charge is 0.326 e. The maximum atomic E-state index is 12.3. The van der Waals surface area contributed by atoms with E-state index in [4.69, 9.17) is 28.9 Å². The van der Waals surface area contributed by atoms with Gasteiger partial charge in [0.15, 0.2) is 0 Å². The van der Waals surface area contributed by atoms with Gasteiger partial charge < -0.3 is 16.2 Å². The zero-order valence-electron chi connectivity index (χ0n) is 13.6. The highest BCUT2D eigenvalue weighted by molar-refractivity contribution is 6.39. The molecule has 0 aliphatic carbocycles. The summed E-state index contributed by atoms with van der Waals surface area (Å²) in [7, 11) is 0. The molecule has 0 radical (unpaired) electrons. The number of nitrogens with one attached hydrogen (secondary N) is 1. The van der Waals surface area contributed by atoms with Crippen LogP contribution in [-0.2, 0) is 4.79 Å². The van der Waals surface area contributed by atoms with E-state index in [9.17, 15) is 14.7 Å². The summed E-state index contributed by atoms with van der Waals surface area (Å²) in [6.07, 6.45) is 6.29. The topological polar surface area (TPSA) is 92.4 Å². The summed E-state index contributed by atoms with van der Waals surface area (Å²) < 4.78 is 0. The minimum absolute atomic E-state index is 0.105. The minimum Gasteiger partial charge on any atom is -0.480 e. The largest absolute Gasteiger partial charge is 0.480 e. The molecule has 0 bridgehead atoms. The predicted molar refractivity (Wildman–Crippen MR) is 96.7 cm³/mol. The van der Waals surface area contributed by atoms with E-state index in [-0.39, 0.29) is 15.6 Å². The van der Waals surface area contributed by atoms with Crippen LogP contribution >= 0.6 is 23.2 Å². The number of carbonyl (C=O) groups is 2. The average molecular weight is 375 g/mol. The minimum atomic E-state index is -1.06. The van der Waals surface area contributed by atoms with Crippen molar-refractivity contribution in [2.75, 3.05) is 6.54 Å². The Balaban J connectivity index is 2.48. The number of halogens is 2. The fourth-order valence-corrected chi connectivity index (χ4v) is 2.97. The molecule has 1 aromatic rings. The Hall–Kier alpha value is -1.30. The molecular weight excluding hydrogens is 351 g/mol. The van der Waals surface area contributed by atoms with Gasteiger partial charge in [-0.05, 0) is 31.5 Å². The first kappa shape index (κ1) is 20.7. The average Bonchev–Trinajstić information content (AvgIpc) is 2.52. The first-order valence-electron chi connectivity index (χ1n) is 8.15. The number of benzene rings is 1. The number of hydrogen-bond donors (Lipinski definition) is 3. The van der Waals surface area contributed by atoms with E-state index in [0.717, 1.165) is 38.5 Å². The maximum absolute atomic E-state index is 12.3. The Morgan fingerprint density at radius 1 is 1.04 bits per heavy atom. The molecule has 0 heterocycles. The van der Waals surface area contributed by atoms with Crippen molar-refractivity contribution in [3.8, 4) is 0 Å². The van der Waals surface area contributed by atoms with E-state index in [1.165, 1.54) is 0 Å². The van der Waals surface area contributed by atoms with Gasteiger partial charge in [-0.2, -0.15) is 0 Å². The van der Waals surface area contributed by atoms with E-state index in [1.54, 1.807) is 18.2 Å². The lowest BCUT2D eigenvalue weighted by atomic mass is 10.0. The van der Waals surface area contributed by atoms with Gasteiger partial charge in [0.2, 0.25) is 0 Å². The third kappa shape index (κ3) is 7.07. The molecule has 0 aromatic heterocycles. The molecule has 1 aromatic carbocycles. The number of amides is 1. The van der Waals surface area contributed by atoms with Crippen molar-refractivity contribution in [3.63, 3.8) is 0 Å². The lowest BCUT2D eigenvalue weighted by Gasteiger charge is -2.15. The fourth-order valence-electron chi connectivity index (χ4n) is 2.40. The highest BCUT2D eigenvalue weighted by Gasteiger charge is 2.22. The number of hydrogen-bond acceptors (Lipinski definition) is 3. The van der Waals surface area contributed by atoms with E-state index >= 15 is 0 Å². The van der Waals surface area contributed by atoms with Gasteiger partial charge in [-0.1, -0.05) is 61.4 Å². The van der Waals surface area contributed by atoms with Crippen molar-refractivity contribution in [3.05, 3.63) is 33.8 Å². The number of carboxylic acids is 1. The monoisotopic (exact) mass is 374 g/mol. The maximum Gasteiger partial charge on any atom is 0.326 e. The van der Waals surface area contributed by atoms with Crippen LogP contribution in [0, 0.1) is 0 Å². The summed E-state index contributed by atoms with van der Waals surface area (Å²) in [5, 5.41) is 12.2. The second kappa shape index (κ2) is 11.3. The van der Waals surface area contributed by atoms with Crippen LogP contribution in [0.2, 0.25) is 10.0 Å². The molecule has 0 saturated heterocycles. The molecule has 4 N–H and O–H groups in total. The van der Waals surface area contributed by atoms with Crippen LogP contribution in [0.1, 0.15) is 55.3 Å². The number of unbranched alkanes of at least 4 members (excludes halogenated alkanes) is 5. The molecule has 1 rings (SSSR count). The zero-order valence-corrected chi connectivity index (χ0v) is 15.1. The van der Waals surface area contributed by atoms with Gasteiger partial charge in [-0.25, -0.2) is 4.79 Å². The quantitative estimate of drug-likeness (QED) is 0.512. The lowest BCUT2D eigenvalue weighted by molar-refractivity contribution is -0.139. The van der Waals surface area contributed by atoms with E-state index in [2.05, 4.69) is 5.32 Å². The number of aliphatic carboxylic acids is 1. The van der Waals surface area contributed by atoms with Crippen LogP contribution in [0.15, 0.2) is 18.2 Å². The van der Waals surface area contributed by atoms with Gasteiger partial charge in [0.25, 0.3) is 5.91 Å². The van der Waals surface area contributed by atoms with Gasteiger partial charge in [-0.15, -0.1) is 0 Å². The fraction of sp³-hybridized carbons (Fsp3) is 0.529. The Bertz CT molecular complexity index is 532. The third-order valence-corrected chi connectivity index (χ3v) is 4.37. The molecule has 0 aliphatic heterocycles. The lowest BCUT2D eigenvalue weighted by Crippen LogP contribution is -2.41. The second-order valence-corrected chi connectivity index (χ2v) is 6.47. The van der Waals surface area contributed by atoms with Crippen LogP contribution in [0.25, 0.3) is 0 Å². The SMILES string of the molecule is NCCCCCCCC[C@H](NC(=O)c1c(Cl)cccc1Cl)C(=O)O. The van der Waals surface area contributed by atoms with Crippen molar-refractivity contribution in [2.45, 2.75) is 51.0 Å². The molecule has 0 saturated carbocycles. The van der Waals surface area contributed by atoms with Crippen molar-refractivity contribution in [1.82, 2.24) is 5.32 Å². The van der Waals surface area contributed by atoms with Crippen molar-refractivity contribution in [2.24, 2.45) is 5.73 Å². The third-order valence-electron chi connectivity index (χ3n) is 3.74. The summed E-state index contributed by atoms with van der Waals surface area (Å²) in [5.74, 6) is -1.63. The molecule has 5 nitrogen and oxygen atoms in total. The van der Waals surface area contributed by atoms with Crippen LogP contribution < -0.4 is 11.1 Å². The van der Waals surface area contributed by atoms with Crippen molar-refractivity contribution in [1.29, 1.82) is 0 Å². The van der Waals surface area contributed by atoms with Gasteiger partial charge in [0.1, 0.15) is 6.04 Å². The van der Waals surface area contributed by atoms with Gasteiger partial charge in [0.05, 0.1) is 15.6 Å². The first-order chi connectivity index (χ1) is 11.5. The number of carboxylic acid groups (broad SMARTS) is 1. The van der Waals surface area contributed by atoms with E-state index in [1.807, 2.05) is 0 Å². The molecule has 7 heteroatoms. The Labute approximate surface area is 152 Å². The molecule has 0 unspecified atom stereocenters. The van der Waals surface area contributed by atoms with Crippen LogP contribution in [0.5, 0.6) is 0 Å². The summed E-state index contributed by atoms with van der Waals surface area (Å²) >= 11 is 11.9. The second-order valence-electron chi connectivity index (χ2n) is 5.66.